The predicted molar refractivity (Wildman–Crippen MR) is 59.1 cm³/mol. The average molecular weight is 210 g/mol. The van der Waals surface area contributed by atoms with Crippen LogP contribution in [0.1, 0.15) is 25.5 Å². The Labute approximate surface area is 87.5 Å². The number of hydrogen-bond donors (Lipinski definition) is 2. The van der Waals surface area contributed by atoms with E-state index in [2.05, 4.69) is 18.8 Å². The number of aromatic hydroxyl groups is 1. The fourth-order valence-corrected chi connectivity index (χ4v) is 2.07. The van der Waals surface area contributed by atoms with Crippen molar-refractivity contribution in [1.29, 1.82) is 0 Å². The first kappa shape index (κ1) is 9.41. The second-order valence-corrected chi connectivity index (χ2v) is 4.09. The van der Waals surface area contributed by atoms with E-state index in [4.69, 9.17) is 11.6 Å². The minimum atomic E-state index is 0.232. The summed E-state index contributed by atoms with van der Waals surface area (Å²) >= 11 is 6.17. The van der Waals surface area contributed by atoms with Crippen molar-refractivity contribution in [2.45, 2.75) is 19.8 Å². The molecule has 0 amide bonds. The van der Waals surface area contributed by atoms with E-state index in [1.807, 2.05) is 6.07 Å². The molecule has 0 atom stereocenters. The Morgan fingerprint density at radius 2 is 2.07 bits per heavy atom. The lowest BCUT2D eigenvalue weighted by molar-refractivity contribution is 0.482. The zero-order valence-electron chi connectivity index (χ0n) is 8.13. The maximum atomic E-state index is 9.64. The van der Waals surface area contributed by atoms with Gasteiger partial charge in [-0.25, -0.2) is 0 Å². The van der Waals surface area contributed by atoms with Crippen LogP contribution in [0.4, 0.5) is 0 Å². The first-order valence-corrected chi connectivity index (χ1v) is 4.98. The van der Waals surface area contributed by atoms with Gasteiger partial charge in [0.1, 0.15) is 5.75 Å². The highest BCUT2D eigenvalue weighted by atomic mass is 35.5. The number of aromatic amines is 1. The zero-order chi connectivity index (χ0) is 10.3. The quantitative estimate of drug-likeness (QED) is 0.739. The van der Waals surface area contributed by atoms with Crippen LogP contribution >= 0.6 is 11.6 Å². The molecule has 2 N–H and O–H groups in total. The number of phenols is 1. The molecular weight excluding hydrogens is 198 g/mol. The average Bonchev–Trinajstić information content (AvgIpc) is 2.45. The zero-order valence-corrected chi connectivity index (χ0v) is 8.89. The van der Waals surface area contributed by atoms with Crippen molar-refractivity contribution in [2.24, 2.45) is 0 Å². The summed E-state index contributed by atoms with van der Waals surface area (Å²) in [5.41, 5.74) is 1.86. The summed E-state index contributed by atoms with van der Waals surface area (Å²) in [7, 11) is 0. The molecule has 0 saturated heterocycles. The van der Waals surface area contributed by atoms with E-state index >= 15 is 0 Å². The summed E-state index contributed by atoms with van der Waals surface area (Å²) < 4.78 is 0. The monoisotopic (exact) mass is 209 g/mol. The van der Waals surface area contributed by atoms with Crippen molar-refractivity contribution in [3.8, 4) is 5.75 Å². The van der Waals surface area contributed by atoms with Crippen molar-refractivity contribution in [3.05, 3.63) is 28.9 Å². The van der Waals surface area contributed by atoms with Gasteiger partial charge in [-0.3, -0.25) is 0 Å². The van der Waals surface area contributed by atoms with Crippen molar-refractivity contribution >= 4 is 22.5 Å². The third kappa shape index (κ3) is 1.26. The van der Waals surface area contributed by atoms with E-state index in [1.54, 1.807) is 12.1 Å². The number of rotatable bonds is 1. The molecule has 1 aromatic heterocycles. The maximum Gasteiger partial charge on any atom is 0.126 e. The predicted octanol–water partition coefficient (Wildman–Crippen LogP) is 3.65. The number of H-pyrrole nitrogens is 1. The van der Waals surface area contributed by atoms with Gasteiger partial charge in [0, 0.05) is 5.69 Å². The summed E-state index contributed by atoms with van der Waals surface area (Å²) in [4.78, 5) is 3.21. The van der Waals surface area contributed by atoms with Gasteiger partial charge >= 0.3 is 0 Å². The van der Waals surface area contributed by atoms with Crippen molar-refractivity contribution in [1.82, 2.24) is 4.98 Å². The van der Waals surface area contributed by atoms with Gasteiger partial charge in [-0.1, -0.05) is 31.5 Å². The number of hydrogen-bond acceptors (Lipinski definition) is 1. The SMILES string of the molecule is CC(C)c1[nH]c2cccc(O)c2c1Cl. The van der Waals surface area contributed by atoms with Gasteiger partial charge in [-0.2, -0.15) is 0 Å². The molecule has 1 heterocycles. The summed E-state index contributed by atoms with van der Waals surface area (Å²) in [5.74, 6) is 0.560. The topological polar surface area (TPSA) is 36.0 Å². The van der Waals surface area contributed by atoms with Gasteiger partial charge < -0.3 is 10.1 Å². The van der Waals surface area contributed by atoms with Crippen molar-refractivity contribution in [2.75, 3.05) is 0 Å². The van der Waals surface area contributed by atoms with E-state index in [0.717, 1.165) is 16.6 Å². The van der Waals surface area contributed by atoms with Crippen LogP contribution in [0.2, 0.25) is 5.02 Å². The molecule has 0 aliphatic rings. The molecule has 3 heteroatoms. The second-order valence-electron chi connectivity index (χ2n) is 3.71. The Kier molecular flexibility index (Phi) is 2.16. The molecule has 0 fully saturated rings. The number of benzene rings is 1. The molecular formula is C11H12ClNO. The maximum absolute atomic E-state index is 9.64. The molecule has 2 rings (SSSR count). The lowest BCUT2D eigenvalue weighted by Gasteiger charge is -2.00. The van der Waals surface area contributed by atoms with Crippen LogP contribution in [-0.2, 0) is 0 Å². The van der Waals surface area contributed by atoms with Gasteiger partial charge in [0.15, 0.2) is 0 Å². The molecule has 1 aromatic carbocycles. The molecule has 0 radical (unpaired) electrons. The Morgan fingerprint density at radius 3 is 2.64 bits per heavy atom. The summed E-state index contributed by atoms with van der Waals surface area (Å²) in [6.07, 6.45) is 0. The van der Waals surface area contributed by atoms with Gasteiger partial charge in [0.25, 0.3) is 0 Å². The highest BCUT2D eigenvalue weighted by Gasteiger charge is 2.14. The Balaban J connectivity index is 2.81. The fourth-order valence-electron chi connectivity index (χ4n) is 1.61. The molecule has 0 spiro atoms. The number of nitrogens with one attached hydrogen (secondary N) is 1. The highest BCUT2D eigenvalue weighted by Crippen LogP contribution is 2.36. The van der Waals surface area contributed by atoms with Crippen LogP contribution in [0.25, 0.3) is 10.9 Å². The van der Waals surface area contributed by atoms with Gasteiger partial charge in [0.2, 0.25) is 0 Å². The van der Waals surface area contributed by atoms with E-state index in [1.165, 1.54) is 0 Å². The fraction of sp³-hybridized carbons (Fsp3) is 0.273. The van der Waals surface area contributed by atoms with Gasteiger partial charge in [0.05, 0.1) is 15.9 Å². The van der Waals surface area contributed by atoms with Crippen LogP contribution in [0, 0.1) is 0 Å². The van der Waals surface area contributed by atoms with Crippen LogP contribution in [0.5, 0.6) is 5.75 Å². The number of aromatic nitrogens is 1. The van der Waals surface area contributed by atoms with Crippen molar-refractivity contribution in [3.63, 3.8) is 0 Å². The van der Waals surface area contributed by atoms with Crippen LogP contribution in [0.3, 0.4) is 0 Å². The first-order valence-electron chi connectivity index (χ1n) is 4.60. The third-order valence-electron chi connectivity index (χ3n) is 2.35. The van der Waals surface area contributed by atoms with E-state index in [9.17, 15) is 5.11 Å². The third-order valence-corrected chi connectivity index (χ3v) is 2.74. The van der Waals surface area contributed by atoms with Crippen LogP contribution in [0.15, 0.2) is 18.2 Å². The lowest BCUT2D eigenvalue weighted by Crippen LogP contribution is -1.86. The molecule has 0 saturated carbocycles. The Bertz CT molecular complexity index is 473. The van der Waals surface area contributed by atoms with Crippen LogP contribution < -0.4 is 0 Å². The van der Waals surface area contributed by atoms with E-state index < -0.39 is 0 Å². The summed E-state index contributed by atoms with van der Waals surface area (Å²) in [5, 5.41) is 11.0. The standard InChI is InChI=1S/C11H12ClNO/c1-6(2)11-10(12)9-7(13-11)4-3-5-8(9)14/h3-6,13-14H,1-2H3. The van der Waals surface area contributed by atoms with Gasteiger partial charge in [-0.05, 0) is 18.1 Å². The normalized spacial score (nSPS) is 11.4. The highest BCUT2D eigenvalue weighted by molar-refractivity contribution is 6.37. The summed E-state index contributed by atoms with van der Waals surface area (Å²) in [6.45, 7) is 4.13. The molecule has 2 nitrogen and oxygen atoms in total. The molecule has 0 bridgehead atoms. The Hall–Kier alpha value is -1.15. The van der Waals surface area contributed by atoms with E-state index in [0.29, 0.717) is 10.9 Å². The van der Waals surface area contributed by atoms with Crippen molar-refractivity contribution < 1.29 is 5.11 Å². The minimum Gasteiger partial charge on any atom is -0.507 e. The minimum absolute atomic E-state index is 0.232. The molecule has 0 unspecified atom stereocenters. The molecule has 0 aliphatic carbocycles. The summed E-state index contributed by atoms with van der Waals surface area (Å²) in [6, 6.07) is 5.35. The number of halogens is 1. The smallest absolute Gasteiger partial charge is 0.126 e. The number of fused-ring (bicyclic) bond motifs is 1. The molecule has 74 valence electrons. The largest absolute Gasteiger partial charge is 0.507 e. The molecule has 2 aromatic rings. The first-order chi connectivity index (χ1) is 6.61. The van der Waals surface area contributed by atoms with Crippen LogP contribution in [-0.4, -0.2) is 10.1 Å². The van der Waals surface area contributed by atoms with Gasteiger partial charge in [-0.15, -0.1) is 0 Å². The number of phenolic OH excluding ortho intramolecular Hbond substituents is 1. The second kappa shape index (κ2) is 3.21. The Morgan fingerprint density at radius 1 is 1.36 bits per heavy atom. The van der Waals surface area contributed by atoms with E-state index in [-0.39, 0.29) is 5.75 Å². The molecule has 14 heavy (non-hydrogen) atoms. The lowest BCUT2D eigenvalue weighted by atomic mass is 10.1. The molecule has 0 aliphatic heterocycles.